The van der Waals surface area contributed by atoms with Crippen LogP contribution >= 0.6 is 15.9 Å². The number of piperidine rings is 1. The van der Waals surface area contributed by atoms with Crippen molar-refractivity contribution in [3.8, 4) is 0 Å². The summed E-state index contributed by atoms with van der Waals surface area (Å²) >= 11 is 3.53. The monoisotopic (exact) mass is 350 g/mol. The molecule has 2 heterocycles. The number of benzene rings is 1. The molecule has 2 saturated heterocycles. The third-order valence-corrected chi connectivity index (χ3v) is 5.33. The molecule has 0 radical (unpaired) electrons. The van der Waals surface area contributed by atoms with E-state index >= 15 is 0 Å². The standard InChI is InChI=1S/C16H23BrN4/c17-13-5-4-6-14(15(13)16(18)19)21-10-7-12(11-21)20-8-2-1-3-9-20/h4-6,12H,1-3,7-11H2,(H3,18,19). The molecule has 2 fully saturated rings. The molecule has 0 aliphatic carbocycles. The van der Waals surface area contributed by atoms with Gasteiger partial charge in [0.25, 0.3) is 0 Å². The second kappa shape index (κ2) is 6.36. The van der Waals surface area contributed by atoms with E-state index in [1.807, 2.05) is 12.1 Å². The van der Waals surface area contributed by atoms with Gasteiger partial charge in [-0.25, -0.2) is 0 Å². The van der Waals surface area contributed by atoms with Gasteiger partial charge in [0.2, 0.25) is 0 Å². The van der Waals surface area contributed by atoms with E-state index in [0.29, 0.717) is 6.04 Å². The van der Waals surface area contributed by atoms with Crippen molar-refractivity contribution in [3.05, 3.63) is 28.2 Å². The number of rotatable bonds is 3. The number of amidine groups is 1. The van der Waals surface area contributed by atoms with Crippen molar-refractivity contribution < 1.29 is 0 Å². The predicted molar refractivity (Wildman–Crippen MR) is 91.2 cm³/mol. The highest BCUT2D eigenvalue weighted by atomic mass is 79.9. The van der Waals surface area contributed by atoms with Crippen molar-refractivity contribution in [2.24, 2.45) is 5.73 Å². The van der Waals surface area contributed by atoms with Crippen molar-refractivity contribution in [3.63, 3.8) is 0 Å². The summed E-state index contributed by atoms with van der Waals surface area (Å²) in [5, 5.41) is 7.84. The number of halogens is 1. The molecule has 0 bridgehead atoms. The lowest BCUT2D eigenvalue weighted by Gasteiger charge is -2.32. The highest BCUT2D eigenvalue weighted by Gasteiger charge is 2.30. The van der Waals surface area contributed by atoms with Gasteiger partial charge in [-0.3, -0.25) is 10.3 Å². The van der Waals surface area contributed by atoms with Gasteiger partial charge in [0.15, 0.2) is 0 Å². The van der Waals surface area contributed by atoms with Crippen molar-refractivity contribution in [2.75, 3.05) is 31.1 Å². The smallest absolute Gasteiger partial charge is 0.126 e. The van der Waals surface area contributed by atoms with E-state index in [0.717, 1.165) is 28.8 Å². The van der Waals surface area contributed by atoms with Gasteiger partial charge < -0.3 is 10.6 Å². The minimum atomic E-state index is 0.138. The van der Waals surface area contributed by atoms with E-state index in [9.17, 15) is 0 Å². The lowest BCUT2D eigenvalue weighted by molar-refractivity contribution is 0.175. The molecule has 1 unspecified atom stereocenters. The molecule has 5 heteroatoms. The van der Waals surface area contributed by atoms with Crippen LogP contribution in [0.4, 0.5) is 5.69 Å². The van der Waals surface area contributed by atoms with Crippen LogP contribution in [-0.2, 0) is 0 Å². The first-order chi connectivity index (χ1) is 10.2. The summed E-state index contributed by atoms with van der Waals surface area (Å²) in [7, 11) is 0. The topological polar surface area (TPSA) is 56.4 Å². The maximum absolute atomic E-state index is 7.84. The van der Waals surface area contributed by atoms with Crippen LogP contribution in [0.15, 0.2) is 22.7 Å². The van der Waals surface area contributed by atoms with E-state index in [1.165, 1.54) is 38.8 Å². The van der Waals surface area contributed by atoms with E-state index < -0.39 is 0 Å². The van der Waals surface area contributed by atoms with E-state index in [-0.39, 0.29) is 5.84 Å². The summed E-state index contributed by atoms with van der Waals surface area (Å²) in [5.41, 5.74) is 7.70. The Morgan fingerprint density at radius 3 is 2.67 bits per heavy atom. The molecular formula is C16H23BrN4. The van der Waals surface area contributed by atoms with Gasteiger partial charge in [-0.2, -0.15) is 0 Å². The second-order valence-corrected chi connectivity index (χ2v) is 6.89. The Balaban J connectivity index is 1.77. The van der Waals surface area contributed by atoms with Crippen LogP contribution < -0.4 is 10.6 Å². The van der Waals surface area contributed by atoms with Gasteiger partial charge in [-0.15, -0.1) is 0 Å². The van der Waals surface area contributed by atoms with Crippen molar-refractivity contribution in [2.45, 2.75) is 31.7 Å². The highest BCUT2D eigenvalue weighted by Crippen LogP contribution is 2.31. The van der Waals surface area contributed by atoms with Crippen LogP contribution in [0.1, 0.15) is 31.2 Å². The van der Waals surface area contributed by atoms with E-state index in [4.69, 9.17) is 11.1 Å². The molecule has 2 aliphatic heterocycles. The molecule has 1 aromatic carbocycles. The van der Waals surface area contributed by atoms with Crippen LogP contribution in [0, 0.1) is 5.41 Å². The maximum Gasteiger partial charge on any atom is 0.126 e. The molecule has 114 valence electrons. The Labute approximate surface area is 134 Å². The largest absolute Gasteiger partial charge is 0.384 e. The van der Waals surface area contributed by atoms with Gasteiger partial charge in [-0.1, -0.05) is 12.5 Å². The Hall–Kier alpha value is -1.07. The Kier molecular flexibility index (Phi) is 4.50. The summed E-state index contributed by atoms with van der Waals surface area (Å²) in [4.78, 5) is 5.04. The number of nitrogens with zero attached hydrogens (tertiary/aromatic N) is 2. The van der Waals surface area contributed by atoms with E-state index in [2.05, 4.69) is 31.8 Å². The SMILES string of the molecule is N=C(N)c1c(Br)cccc1N1CCC(N2CCCCC2)C1. The predicted octanol–water partition coefficient (Wildman–Crippen LogP) is 2.80. The molecule has 0 saturated carbocycles. The lowest BCUT2D eigenvalue weighted by atomic mass is 10.1. The summed E-state index contributed by atoms with van der Waals surface area (Å²) in [5.74, 6) is 0.138. The first-order valence-electron chi connectivity index (χ1n) is 7.78. The molecular weight excluding hydrogens is 328 g/mol. The number of hydrogen-bond donors (Lipinski definition) is 2. The number of anilines is 1. The van der Waals surface area contributed by atoms with E-state index in [1.54, 1.807) is 0 Å². The molecule has 1 aromatic rings. The van der Waals surface area contributed by atoms with Crippen LogP contribution in [-0.4, -0.2) is 43.0 Å². The molecule has 0 spiro atoms. The summed E-state index contributed by atoms with van der Waals surface area (Å²) < 4.78 is 0.911. The second-order valence-electron chi connectivity index (χ2n) is 6.03. The van der Waals surface area contributed by atoms with Crippen LogP contribution in [0.25, 0.3) is 0 Å². The fraction of sp³-hybridized carbons (Fsp3) is 0.562. The number of nitrogen functional groups attached to an aromatic ring is 1. The van der Waals surface area contributed by atoms with Gasteiger partial charge >= 0.3 is 0 Å². The zero-order chi connectivity index (χ0) is 14.8. The summed E-state index contributed by atoms with van der Waals surface area (Å²) in [6, 6.07) is 6.72. The fourth-order valence-corrected chi connectivity index (χ4v) is 4.15. The zero-order valence-corrected chi connectivity index (χ0v) is 13.9. The van der Waals surface area contributed by atoms with Gasteiger partial charge in [0.05, 0.1) is 5.56 Å². The number of nitrogens with two attached hydrogens (primary N) is 1. The van der Waals surface area contributed by atoms with Gasteiger partial charge in [-0.05, 0) is 60.4 Å². The third-order valence-electron chi connectivity index (χ3n) is 4.67. The van der Waals surface area contributed by atoms with Crippen molar-refractivity contribution in [1.29, 1.82) is 5.41 Å². The minimum absolute atomic E-state index is 0.138. The van der Waals surface area contributed by atoms with Gasteiger partial charge in [0, 0.05) is 29.3 Å². The Morgan fingerprint density at radius 2 is 1.95 bits per heavy atom. The molecule has 0 amide bonds. The average molecular weight is 351 g/mol. The number of likely N-dealkylation sites (tertiary alicyclic amines) is 1. The number of hydrogen-bond acceptors (Lipinski definition) is 3. The van der Waals surface area contributed by atoms with Crippen LogP contribution in [0.5, 0.6) is 0 Å². The van der Waals surface area contributed by atoms with Crippen molar-refractivity contribution >= 4 is 27.5 Å². The van der Waals surface area contributed by atoms with Crippen LogP contribution in [0.3, 0.4) is 0 Å². The molecule has 3 N–H and O–H groups in total. The molecule has 1 atom stereocenters. The van der Waals surface area contributed by atoms with Gasteiger partial charge in [0.1, 0.15) is 5.84 Å². The zero-order valence-electron chi connectivity index (χ0n) is 12.3. The lowest BCUT2D eigenvalue weighted by Crippen LogP contribution is -2.41. The molecule has 0 aromatic heterocycles. The van der Waals surface area contributed by atoms with Crippen LogP contribution in [0.2, 0.25) is 0 Å². The third kappa shape index (κ3) is 3.09. The molecule has 3 rings (SSSR count). The molecule has 4 nitrogen and oxygen atoms in total. The maximum atomic E-state index is 7.84. The number of nitrogens with one attached hydrogen (secondary N) is 1. The Bertz CT molecular complexity index is 525. The average Bonchev–Trinajstić information content (AvgIpc) is 2.97. The summed E-state index contributed by atoms with van der Waals surface area (Å²) in [6.07, 6.45) is 5.27. The fourth-order valence-electron chi connectivity index (χ4n) is 3.59. The normalized spacial score (nSPS) is 23.5. The summed E-state index contributed by atoms with van der Waals surface area (Å²) in [6.45, 7) is 4.60. The highest BCUT2D eigenvalue weighted by molar-refractivity contribution is 9.10. The first kappa shape index (κ1) is 14.9. The first-order valence-corrected chi connectivity index (χ1v) is 8.58. The quantitative estimate of drug-likeness (QED) is 0.650. The molecule has 21 heavy (non-hydrogen) atoms. The Morgan fingerprint density at radius 1 is 1.19 bits per heavy atom. The van der Waals surface area contributed by atoms with Crippen molar-refractivity contribution in [1.82, 2.24) is 4.90 Å². The minimum Gasteiger partial charge on any atom is -0.384 e. The molecule has 2 aliphatic rings.